The van der Waals surface area contributed by atoms with Crippen molar-refractivity contribution < 1.29 is 27.8 Å². The van der Waals surface area contributed by atoms with Gasteiger partial charge in [-0.25, -0.2) is 8.78 Å². The molecule has 0 saturated heterocycles. The molecule has 1 unspecified atom stereocenters. The van der Waals surface area contributed by atoms with Gasteiger partial charge in [-0.1, -0.05) is 0 Å². The monoisotopic (exact) mass is 428 g/mol. The molecule has 3 rings (SSSR count). The zero-order chi connectivity index (χ0) is 22.4. The number of benzene rings is 3. The molecule has 0 heterocycles. The number of hydrogen-bond acceptors (Lipinski definition) is 5. The number of carbonyl (C=O) groups excluding carboxylic acids is 1. The van der Waals surface area contributed by atoms with E-state index in [1.54, 1.807) is 56.5 Å². The van der Waals surface area contributed by atoms with E-state index in [1.807, 2.05) is 0 Å². The molecule has 0 aliphatic rings. The fraction of sp³-hybridized carbons (Fsp3) is 0.174. The van der Waals surface area contributed by atoms with Crippen LogP contribution in [0.3, 0.4) is 0 Å². The van der Waals surface area contributed by atoms with Crippen LogP contribution in [0, 0.1) is 11.6 Å². The Bertz CT molecular complexity index is 1060. The summed E-state index contributed by atoms with van der Waals surface area (Å²) in [4.78, 5) is 12.4. The Morgan fingerprint density at radius 3 is 2.26 bits per heavy atom. The zero-order valence-corrected chi connectivity index (χ0v) is 17.2. The highest BCUT2D eigenvalue weighted by Crippen LogP contribution is 2.34. The maximum atomic E-state index is 13.8. The van der Waals surface area contributed by atoms with Crippen LogP contribution in [0.15, 0.2) is 60.7 Å². The Morgan fingerprint density at radius 2 is 1.58 bits per heavy atom. The number of carbonyl (C=O) groups is 1. The molecule has 0 fully saturated rings. The Balaban J connectivity index is 1.72. The molecular weight excluding hydrogens is 406 g/mol. The van der Waals surface area contributed by atoms with Gasteiger partial charge >= 0.3 is 0 Å². The summed E-state index contributed by atoms with van der Waals surface area (Å²) in [5.41, 5.74) is 0.351. The molecule has 0 radical (unpaired) electrons. The van der Waals surface area contributed by atoms with Crippen molar-refractivity contribution in [1.82, 2.24) is 0 Å². The Hall–Kier alpha value is -3.81. The van der Waals surface area contributed by atoms with Crippen molar-refractivity contribution in [2.24, 2.45) is 0 Å². The first-order valence-corrected chi connectivity index (χ1v) is 9.42. The maximum Gasteiger partial charge on any atom is 0.246 e. The lowest BCUT2D eigenvalue weighted by atomic mass is 10.2. The molecule has 0 saturated carbocycles. The fourth-order valence-electron chi connectivity index (χ4n) is 2.77. The van der Waals surface area contributed by atoms with E-state index in [2.05, 4.69) is 10.6 Å². The van der Waals surface area contributed by atoms with E-state index in [1.165, 1.54) is 7.11 Å². The van der Waals surface area contributed by atoms with Crippen molar-refractivity contribution in [3.05, 3.63) is 72.3 Å². The standard InChI is InChI=1S/C23H22F2N2O4/c1-14(23(28)27-20-12-15(24)4-10-19(20)25)26-16-5-11-21(30-3)22(13-16)31-18-8-6-17(29-2)7-9-18/h4-14,26H,1-3H3,(H,27,28). The van der Waals surface area contributed by atoms with Gasteiger partial charge in [-0.2, -0.15) is 0 Å². The van der Waals surface area contributed by atoms with E-state index in [4.69, 9.17) is 14.2 Å². The molecule has 3 aromatic rings. The Morgan fingerprint density at radius 1 is 0.871 bits per heavy atom. The second-order valence-electron chi connectivity index (χ2n) is 6.62. The third-order valence-corrected chi connectivity index (χ3v) is 4.41. The second-order valence-corrected chi connectivity index (χ2v) is 6.62. The summed E-state index contributed by atoms with van der Waals surface area (Å²) in [6, 6.07) is 14.2. The molecule has 2 N–H and O–H groups in total. The number of halogens is 2. The molecule has 0 aliphatic carbocycles. The third kappa shape index (κ3) is 5.63. The van der Waals surface area contributed by atoms with Gasteiger partial charge in [0, 0.05) is 17.8 Å². The maximum absolute atomic E-state index is 13.8. The number of ether oxygens (including phenoxy) is 3. The number of anilines is 2. The van der Waals surface area contributed by atoms with Crippen LogP contribution in [0.1, 0.15) is 6.92 Å². The van der Waals surface area contributed by atoms with E-state index in [9.17, 15) is 13.6 Å². The normalized spacial score (nSPS) is 11.4. The summed E-state index contributed by atoms with van der Waals surface area (Å²) < 4.78 is 43.5. The average molecular weight is 428 g/mol. The first-order valence-electron chi connectivity index (χ1n) is 9.42. The van der Waals surface area contributed by atoms with Gasteiger partial charge in [0.1, 0.15) is 29.2 Å². The summed E-state index contributed by atoms with van der Waals surface area (Å²) >= 11 is 0. The lowest BCUT2D eigenvalue weighted by Crippen LogP contribution is -2.32. The highest BCUT2D eigenvalue weighted by Gasteiger charge is 2.16. The number of nitrogens with one attached hydrogen (secondary N) is 2. The summed E-state index contributed by atoms with van der Waals surface area (Å²) in [5.74, 6) is 0.307. The van der Waals surface area contributed by atoms with Crippen LogP contribution in [0.25, 0.3) is 0 Å². The van der Waals surface area contributed by atoms with Crippen molar-refractivity contribution >= 4 is 17.3 Å². The summed E-state index contributed by atoms with van der Waals surface area (Å²) in [6.07, 6.45) is 0. The predicted octanol–water partition coefficient (Wildman–Crippen LogP) is 5.21. The average Bonchev–Trinajstić information content (AvgIpc) is 2.77. The summed E-state index contributed by atoms with van der Waals surface area (Å²) in [7, 11) is 3.10. The lowest BCUT2D eigenvalue weighted by molar-refractivity contribution is -0.116. The van der Waals surface area contributed by atoms with Gasteiger partial charge in [0.15, 0.2) is 11.5 Å². The van der Waals surface area contributed by atoms with E-state index in [0.29, 0.717) is 28.7 Å². The SMILES string of the molecule is COc1ccc(Oc2cc(NC(C)C(=O)Nc3cc(F)ccc3F)ccc2OC)cc1. The van der Waals surface area contributed by atoms with Crippen LogP contribution in [-0.2, 0) is 4.79 Å². The largest absolute Gasteiger partial charge is 0.497 e. The van der Waals surface area contributed by atoms with Gasteiger partial charge in [-0.15, -0.1) is 0 Å². The highest BCUT2D eigenvalue weighted by atomic mass is 19.1. The van der Waals surface area contributed by atoms with E-state index in [0.717, 1.165) is 18.2 Å². The minimum atomic E-state index is -0.745. The van der Waals surface area contributed by atoms with Crippen LogP contribution in [-0.4, -0.2) is 26.2 Å². The molecule has 0 spiro atoms. The van der Waals surface area contributed by atoms with Gasteiger partial charge in [-0.05, 0) is 55.5 Å². The van der Waals surface area contributed by atoms with Crippen molar-refractivity contribution in [3.63, 3.8) is 0 Å². The van der Waals surface area contributed by atoms with Crippen LogP contribution in [0.5, 0.6) is 23.0 Å². The fourth-order valence-corrected chi connectivity index (χ4v) is 2.77. The van der Waals surface area contributed by atoms with Crippen molar-refractivity contribution in [2.45, 2.75) is 13.0 Å². The predicted molar refractivity (Wildman–Crippen MR) is 114 cm³/mol. The summed E-state index contributed by atoms with van der Waals surface area (Å²) in [5, 5.41) is 5.38. The minimum absolute atomic E-state index is 0.225. The number of methoxy groups -OCH3 is 2. The van der Waals surface area contributed by atoms with Crippen LogP contribution >= 0.6 is 0 Å². The van der Waals surface area contributed by atoms with E-state index >= 15 is 0 Å². The topological polar surface area (TPSA) is 68.8 Å². The number of amides is 1. The molecule has 0 aliphatic heterocycles. The molecule has 0 aromatic heterocycles. The van der Waals surface area contributed by atoms with Crippen LogP contribution in [0.4, 0.5) is 20.2 Å². The van der Waals surface area contributed by atoms with Gasteiger partial charge in [-0.3, -0.25) is 4.79 Å². The molecular formula is C23H22F2N2O4. The molecule has 0 bridgehead atoms. The van der Waals surface area contributed by atoms with Crippen molar-refractivity contribution in [3.8, 4) is 23.0 Å². The highest BCUT2D eigenvalue weighted by molar-refractivity contribution is 5.96. The third-order valence-electron chi connectivity index (χ3n) is 4.41. The van der Waals surface area contributed by atoms with Gasteiger partial charge in [0.2, 0.25) is 5.91 Å². The molecule has 31 heavy (non-hydrogen) atoms. The molecule has 3 aromatic carbocycles. The second kappa shape index (κ2) is 9.80. The molecule has 1 atom stereocenters. The van der Waals surface area contributed by atoms with E-state index in [-0.39, 0.29) is 5.69 Å². The van der Waals surface area contributed by atoms with Gasteiger partial charge < -0.3 is 24.8 Å². The minimum Gasteiger partial charge on any atom is -0.497 e. The first-order chi connectivity index (χ1) is 14.9. The van der Waals surface area contributed by atoms with Crippen molar-refractivity contribution in [1.29, 1.82) is 0 Å². The van der Waals surface area contributed by atoms with Crippen LogP contribution < -0.4 is 24.8 Å². The smallest absolute Gasteiger partial charge is 0.246 e. The first kappa shape index (κ1) is 21.9. The molecule has 1 amide bonds. The molecule has 8 heteroatoms. The lowest BCUT2D eigenvalue weighted by Gasteiger charge is -2.17. The van der Waals surface area contributed by atoms with Crippen molar-refractivity contribution in [2.75, 3.05) is 24.9 Å². The van der Waals surface area contributed by atoms with Gasteiger partial charge in [0.25, 0.3) is 0 Å². The molecule has 162 valence electrons. The summed E-state index contributed by atoms with van der Waals surface area (Å²) in [6.45, 7) is 1.60. The molecule has 6 nitrogen and oxygen atoms in total. The zero-order valence-electron chi connectivity index (χ0n) is 17.2. The Labute approximate surface area is 178 Å². The Kier molecular flexibility index (Phi) is 6.92. The quantitative estimate of drug-likeness (QED) is 0.515. The van der Waals surface area contributed by atoms with Crippen LogP contribution in [0.2, 0.25) is 0 Å². The number of hydrogen-bond donors (Lipinski definition) is 2. The van der Waals surface area contributed by atoms with E-state index < -0.39 is 23.6 Å². The van der Waals surface area contributed by atoms with Gasteiger partial charge in [0.05, 0.1) is 19.9 Å². The number of rotatable bonds is 8.